The van der Waals surface area contributed by atoms with Gasteiger partial charge in [-0.05, 0) is 39.4 Å². The summed E-state index contributed by atoms with van der Waals surface area (Å²) in [6.45, 7) is 1.19. The van der Waals surface area contributed by atoms with Gasteiger partial charge in [-0.1, -0.05) is 97.1 Å². The van der Waals surface area contributed by atoms with E-state index in [0.717, 1.165) is 33.4 Å². The summed E-state index contributed by atoms with van der Waals surface area (Å²) >= 11 is 0. The van der Waals surface area contributed by atoms with E-state index in [4.69, 9.17) is 5.73 Å². The number of carbonyl (C=O) groups is 2. The molecule has 0 aliphatic carbocycles. The fraction of sp³-hybridized carbons (Fsp3) is 0.133. The largest absolute Gasteiger partial charge is 0.350 e. The van der Waals surface area contributed by atoms with Crippen molar-refractivity contribution in [3.63, 3.8) is 0 Å². The van der Waals surface area contributed by atoms with E-state index in [9.17, 15) is 9.59 Å². The molecule has 3 N–H and O–H groups in total. The standard InChI is InChI=1S/C30H27N3O2/c31-18-21-14-16-22(17-15-21)19-32-29(34)28-26-12-6-7-13-27(26)30(35)33(28)20-24-10-4-5-11-25(24)23-8-2-1-3-9-23/h1-17,28H,18-20,31H2,(H,32,34). The predicted octanol–water partition coefficient (Wildman–Crippen LogP) is 4.83. The van der Waals surface area contributed by atoms with Gasteiger partial charge in [0.25, 0.3) is 5.91 Å². The predicted molar refractivity (Wildman–Crippen MR) is 137 cm³/mol. The van der Waals surface area contributed by atoms with Gasteiger partial charge in [-0.2, -0.15) is 0 Å². The number of benzene rings is 4. The van der Waals surface area contributed by atoms with Crippen LogP contribution in [0.5, 0.6) is 0 Å². The lowest BCUT2D eigenvalue weighted by atomic mass is 9.99. The maximum Gasteiger partial charge on any atom is 0.255 e. The van der Waals surface area contributed by atoms with Gasteiger partial charge in [0.1, 0.15) is 6.04 Å². The van der Waals surface area contributed by atoms with Crippen molar-refractivity contribution in [2.45, 2.75) is 25.7 Å². The lowest BCUT2D eigenvalue weighted by Gasteiger charge is -2.26. The van der Waals surface area contributed by atoms with E-state index in [1.54, 1.807) is 11.0 Å². The highest BCUT2D eigenvalue weighted by atomic mass is 16.2. The van der Waals surface area contributed by atoms with Gasteiger partial charge in [-0.25, -0.2) is 0 Å². The molecule has 0 radical (unpaired) electrons. The first-order valence-corrected chi connectivity index (χ1v) is 11.7. The van der Waals surface area contributed by atoms with Crippen LogP contribution in [-0.4, -0.2) is 16.7 Å². The Balaban J connectivity index is 1.43. The third-order valence-electron chi connectivity index (χ3n) is 6.47. The first-order chi connectivity index (χ1) is 17.2. The third kappa shape index (κ3) is 4.59. The third-order valence-corrected chi connectivity index (χ3v) is 6.47. The van der Waals surface area contributed by atoms with Gasteiger partial charge in [0.2, 0.25) is 5.91 Å². The molecule has 0 fully saturated rings. The lowest BCUT2D eigenvalue weighted by Crippen LogP contribution is -2.38. The van der Waals surface area contributed by atoms with Crippen molar-refractivity contribution in [1.82, 2.24) is 10.2 Å². The Morgan fingerprint density at radius 1 is 0.771 bits per heavy atom. The Morgan fingerprint density at radius 3 is 2.14 bits per heavy atom. The molecule has 174 valence electrons. The Kier molecular flexibility index (Phi) is 6.42. The number of nitrogens with zero attached hydrogens (tertiary/aromatic N) is 1. The maximum atomic E-state index is 13.5. The fourth-order valence-corrected chi connectivity index (χ4v) is 4.64. The molecule has 35 heavy (non-hydrogen) atoms. The SMILES string of the molecule is NCc1ccc(CNC(=O)C2c3ccccc3C(=O)N2Cc2ccccc2-c2ccccc2)cc1. The van der Waals surface area contributed by atoms with E-state index in [1.807, 2.05) is 78.9 Å². The molecular formula is C30H27N3O2. The van der Waals surface area contributed by atoms with Gasteiger partial charge >= 0.3 is 0 Å². The molecular weight excluding hydrogens is 434 g/mol. The number of hydrogen-bond donors (Lipinski definition) is 2. The van der Waals surface area contributed by atoms with Crippen LogP contribution in [0.25, 0.3) is 11.1 Å². The summed E-state index contributed by atoms with van der Waals surface area (Å²) < 4.78 is 0. The molecule has 0 aromatic heterocycles. The van der Waals surface area contributed by atoms with Crippen molar-refractivity contribution in [2.75, 3.05) is 0 Å². The van der Waals surface area contributed by atoms with Crippen LogP contribution in [-0.2, 0) is 24.4 Å². The summed E-state index contributed by atoms with van der Waals surface area (Å²) in [5, 5.41) is 3.04. The molecule has 5 rings (SSSR count). The molecule has 1 aliphatic heterocycles. The quantitative estimate of drug-likeness (QED) is 0.414. The summed E-state index contributed by atoms with van der Waals surface area (Å²) in [6.07, 6.45) is 0. The van der Waals surface area contributed by atoms with Crippen molar-refractivity contribution in [3.8, 4) is 11.1 Å². The summed E-state index contributed by atoms with van der Waals surface area (Å²) in [6, 6.07) is 32.7. The number of nitrogens with one attached hydrogen (secondary N) is 1. The second-order valence-corrected chi connectivity index (χ2v) is 8.68. The molecule has 1 aliphatic rings. The van der Waals surface area contributed by atoms with E-state index in [2.05, 4.69) is 23.5 Å². The minimum Gasteiger partial charge on any atom is -0.350 e. The van der Waals surface area contributed by atoms with E-state index < -0.39 is 6.04 Å². The highest BCUT2D eigenvalue weighted by molar-refractivity contribution is 6.04. The van der Waals surface area contributed by atoms with Crippen molar-refractivity contribution < 1.29 is 9.59 Å². The van der Waals surface area contributed by atoms with Crippen LogP contribution in [0.15, 0.2) is 103 Å². The van der Waals surface area contributed by atoms with Crippen molar-refractivity contribution in [2.24, 2.45) is 5.73 Å². The second-order valence-electron chi connectivity index (χ2n) is 8.68. The Hall–Kier alpha value is -4.22. The number of carbonyl (C=O) groups excluding carboxylic acids is 2. The molecule has 0 spiro atoms. The van der Waals surface area contributed by atoms with E-state index in [0.29, 0.717) is 25.2 Å². The first-order valence-electron chi connectivity index (χ1n) is 11.7. The highest BCUT2D eigenvalue weighted by Crippen LogP contribution is 2.36. The van der Waals surface area contributed by atoms with Crippen molar-refractivity contribution in [1.29, 1.82) is 0 Å². The zero-order valence-electron chi connectivity index (χ0n) is 19.4. The number of hydrogen-bond acceptors (Lipinski definition) is 3. The van der Waals surface area contributed by atoms with Crippen molar-refractivity contribution in [3.05, 3.63) is 131 Å². The molecule has 0 saturated heterocycles. The molecule has 2 amide bonds. The van der Waals surface area contributed by atoms with Crippen LogP contribution in [0.1, 0.15) is 38.7 Å². The number of nitrogens with two attached hydrogens (primary N) is 1. The maximum absolute atomic E-state index is 13.5. The summed E-state index contributed by atoms with van der Waals surface area (Å²) in [5.41, 5.74) is 12.2. The minimum absolute atomic E-state index is 0.129. The number of rotatable bonds is 7. The average Bonchev–Trinajstić information content (AvgIpc) is 3.19. The van der Waals surface area contributed by atoms with Crippen LogP contribution in [0, 0.1) is 0 Å². The summed E-state index contributed by atoms with van der Waals surface area (Å²) in [5.74, 6) is -0.320. The summed E-state index contributed by atoms with van der Waals surface area (Å²) in [4.78, 5) is 28.6. The van der Waals surface area contributed by atoms with Gasteiger partial charge in [0.05, 0.1) is 0 Å². The van der Waals surface area contributed by atoms with Crippen molar-refractivity contribution >= 4 is 11.8 Å². The fourth-order valence-electron chi connectivity index (χ4n) is 4.64. The van der Waals surface area contributed by atoms with E-state index in [-0.39, 0.29) is 11.8 Å². The van der Waals surface area contributed by atoms with E-state index in [1.165, 1.54) is 0 Å². The molecule has 1 heterocycles. The Morgan fingerprint density at radius 2 is 1.40 bits per heavy atom. The molecule has 1 unspecified atom stereocenters. The van der Waals surface area contributed by atoms with Gasteiger partial charge in [0.15, 0.2) is 0 Å². The topological polar surface area (TPSA) is 75.4 Å². The second kappa shape index (κ2) is 9.95. The van der Waals surface area contributed by atoms with Crippen LogP contribution in [0.4, 0.5) is 0 Å². The average molecular weight is 462 g/mol. The molecule has 4 aromatic carbocycles. The molecule has 5 heteroatoms. The smallest absolute Gasteiger partial charge is 0.255 e. The zero-order chi connectivity index (χ0) is 24.2. The van der Waals surface area contributed by atoms with Crippen LogP contribution in [0.3, 0.4) is 0 Å². The monoisotopic (exact) mass is 461 g/mol. The summed E-state index contributed by atoms with van der Waals surface area (Å²) in [7, 11) is 0. The molecule has 4 aromatic rings. The van der Waals surface area contributed by atoms with Crippen LogP contribution >= 0.6 is 0 Å². The van der Waals surface area contributed by atoms with E-state index >= 15 is 0 Å². The molecule has 1 atom stereocenters. The highest BCUT2D eigenvalue weighted by Gasteiger charge is 2.40. The molecule has 5 nitrogen and oxygen atoms in total. The lowest BCUT2D eigenvalue weighted by molar-refractivity contribution is -0.125. The van der Waals surface area contributed by atoms with Crippen LogP contribution < -0.4 is 11.1 Å². The minimum atomic E-state index is -0.689. The van der Waals surface area contributed by atoms with Gasteiger partial charge < -0.3 is 16.0 Å². The first kappa shape index (κ1) is 22.6. The normalized spacial score (nSPS) is 14.6. The number of fused-ring (bicyclic) bond motifs is 1. The molecule has 0 bridgehead atoms. The van der Waals surface area contributed by atoms with Gasteiger partial charge in [0, 0.05) is 25.2 Å². The molecule has 0 saturated carbocycles. The van der Waals surface area contributed by atoms with Crippen LogP contribution in [0.2, 0.25) is 0 Å². The van der Waals surface area contributed by atoms with Gasteiger partial charge in [-0.15, -0.1) is 0 Å². The number of amides is 2. The Bertz CT molecular complexity index is 1350. The van der Waals surface area contributed by atoms with Gasteiger partial charge in [-0.3, -0.25) is 9.59 Å². The Labute approximate surface area is 205 Å². The zero-order valence-corrected chi connectivity index (χ0v) is 19.4.